The van der Waals surface area contributed by atoms with Gasteiger partial charge in [0.1, 0.15) is 0 Å². The van der Waals surface area contributed by atoms with Gasteiger partial charge in [-0.1, -0.05) is 0 Å². The van der Waals surface area contributed by atoms with Crippen LogP contribution in [0.2, 0.25) is 0 Å². The minimum absolute atomic E-state index is 0.184. The van der Waals surface area contributed by atoms with E-state index in [9.17, 15) is 39.9 Å². The van der Waals surface area contributed by atoms with Crippen LogP contribution in [-0.4, -0.2) is 191 Å². The van der Waals surface area contributed by atoms with Gasteiger partial charge in [0.25, 0.3) is 0 Å². The van der Waals surface area contributed by atoms with Crippen molar-refractivity contribution in [1.29, 1.82) is 0 Å². The van der Waals surface area contributed by atoms with Gasteiger partial charge in [-0.15, -0.1) is 0 Å². The fraction of sp³-hybridized carbons (Fsp3) is 0.875. The summed E-state index contributed by atoms with van der Waals surface area (Å²) in [4.78, 5) is 43.3. The second-order valence-electron chi connectivity index (χ2n) is 10.1. The van der Waals surface area contributed by atoms with Crippen LogP contribution >= 0.6 is 0 Å². The Morgan fingerprint density at radius 1 is 0.684 bits per heavy atom. The monoisotopic (exact) mass is 549 g/mol. The smallest absolute Gasteiger partial charge is 0.317 e. The summed E-state index contributed by atoms with van der Waals surface area (Å²) in [5.74, 6) is -2.96. The van der Waals surface area contributed by atoms with E-state index in [0.717, 1.165) is 19.4 Å². The fourth-order valence-electron chi connectivity index (χ4n) is 4.47. The van der Waals surface area contributed by atoms with E-state index in [0.29, 0.717) is 71.9 Å². The molecule has 1 fully saturated rings. The summed E-state index contributed by atoms with van der Waals surface area (Å²) < 4.78 is 0. The average Bonchev–Trinajstić information content (AvgIpc) is 2.82. The highest BCUT2D eigenvalue weighted by Crippen LogP contribution is 2.05. The number of hydrogen-bond donors (Lipinski definition) is 6. The molecule has 0 bridgehead atoms. The third kappa shape index (κ3) is 16.8. The minimum Gasteiger partial charge on any atom is -0.480 e. The maximum Gasteiger partial charge on any atom is 0.317 e. The molecule has 38 heavy (non-hydrogen) atoms. The fourth-order valence-corrected chi connectivity index (χ4v) is 4.47. The molecule has 1 rings (SSSR count). The first-order valence-corrected chi connectivity index (χ1v) is 13.2. The number of hydrogen-bond acceptors (Lipinski definition) is 11. The number of likely N-dealkylation sites (N-methyl/N-ethyl adjacent to an activating group) is 1. The quantitative estimate of drug-likeness (QED) is 0.109. The van der Waals surface area contributed by atoms with Gasteiger partial charge in [0.05, 0.1) is 38.4 Å². The summed E-state index contributed by atoms with van der Waals surface area (Å²) in [5.41, 5.74) is 0. The van der Waals surface area contributed by atoms with Crippen molar-refractivity contribution in [2.45, 2.75) is 31.5 Å². The standard InChI is InChI=1S/C24H47N5O9/c1-25(5-3-2-4-20(31)19-30)14-21(32)15-26-6-8-27(16-22(33)34)10-12-29(18-24(37)38)13-11-28(9-7-26)17-23(35)36/h20-21,30-32H,2-19H2,1H3,(H,33,34)(H,35,36)(H,37,38). The van der Waals surface area contributed by atoms with Gasteiger partial charge in [0, 0.05) is 65.4 Å². The zero-order chi connectivity index (χ0) is 28.5. The maximum atomic E-state index is 11.4. The predicted molar refractivity (Wildman–Crippen MR) is 139 cm³/mol. The van der Waals surface area contributed by atoms with Crippen molar-refractivity contribution < 1.29 is 45.0 Å². The Morgan fingerprint density at radius 3 is 1.45 bits per heavy atom. The molecule has 14 heteroatoms. The second kappa shape index (κ2) is 19.2. The Labute approximate surface area is 224 Å². The molecule has 6 N–H and O–H groups in total. The number of aliphatic hydroxyl groups excluding tert-OH is 3. The number of aliphatic carboxylic acids is 3. The summed E-state index contributed by atoms with van der Waals surface area (Å²) in [6.07, 6.45) is 0.715. The van der Waals surface area contributed by atoms with Crippen LogP contribution in [0.1, 0.15) is 19.3 Å². The number of nitrogens with zero attached hydrogens (tertiary/aromatic N) is 5. The number of carboxylic acid groups (broad SMARTS) is 3. The highest BCUT2D eigenvalue weighted by Gasteiger charge is 2.21. The van der Waals surface area contributed by atoms with Crippen LogP contribution in [0, 0.1) is 0 Å². The molecule has 1 saturated heterocycles. The molecule has 1 aliphatic heterocycles. The lowest BCUT2D eigenvalue weighted by molar-refractivity contribution is -0.140. The van der Waals surface area contributed by atoms with Gasteiger partial charge in [0.2, 0.25) is 0 Å². The molecule has 0 aliphatic carbocycles. The number of aliphatic hydroxyl groups is 3. The van der Waals surface area contributed by atoms with Gasteiger partial charge < -0.3 is 35.5 Å². The van der Waals surface area contributed by atoms with Crippen LogP contribution in [0.4, 0.5) is 0 Å². The normalized spacial score (nSPS) is 19.5. The van der Waals surface area contributed by atoms with E-state index < -0.39 is 30.1 Å². The molecule has 0 saturated carbocycles. The van der Waals surface area contributed by atoms with Crippen LogP contribution in [0.25, 0.3) is 0 Å². The third-order valence-electron chi connectivity index (χ3n) is 6.54. The largest absolute Gasteiger partial charge is 0.480 e. The third-order valence-corrected chi connectivity index (χ3v) is 6.54. The first-order valence-electron chi connectivity index (χ1n) is 13.2. The van der Waals surface area contributed by atoms with Crippen LogP contribution in [0.15, 0.2) is 0 Å². The Bertz CT molecular complexity index is 670. The first kappa shape index (κ1) is 34.1. The molecular formula is C24H47N5O9. The molecule has 2 atom stereocenters. The first-order chi connectivity index (χ1) is 18.0. The van der Waals surface area contributed by atoms with Crippen molar-refractivity contribution in [2.75, 3.05) is 105 Å². The number of β-amino-alcohol motifs (C(OH)–C–C–N with tert-alkyl or cyclic N) is 1. The van der Waals surface area contributed by atoms with E-state index >= 15 is 0 Å². The van der Waals surface area contributed by atoms with E-state index in [1.54, 1.807) is 14.7 Å². The van der Waals surface area contributed by atoms with E-state index in [1.165, 1.54) is 0 Å². The van der Waals surface area contributed by atoms with Crippen LogP contribution in [0.3, 0.4) is 0 Å². The summed E-state index contributed by atoms with van der Waals surface area (Å²) in [6.45, 7) is 3.75. The molecular weight excluding hydrogens is 502 g/mol. The molecule has 0 aromatic carbocycles. The van der Waals surface area contributed by atoms with Crippen molar-refractivity contribution in [3.05, 3.63) is 0 Å². The lowest BCUT2D eigenvalue weighted by Gasteiger charge is -2.34. The van der Waals surface area contributed by atoms with Crippen molar-refractivity contribution in [3.63, 3.8) is 0 Å². The van der Waals surface area contributed by atoms with Crippen molar-refractivity contribution in [1.82, 2.24) is 24.5 Å². The second-order valence-corrected chi connectivity index (χ2v) is 10.1. The summed E-state index contributed by atoms with van der Waals surface area (Å²) >= 11 is 0. The van der Waals surface area contributed by atoms with Crippen LogP contribution < -0.4 is 0 Å². The van der Waals surface area contributed by atoms with Gasteiger partial charge >= 0.3 is 17.9 Å². The Balaban J connectivity index is 2.79. The zero-order valence-electron chi connectivity index (χ0n) is 22.5. The topological polar surface area (TPSA) is 189 Å². The van der Waals surface area contributed by atoms with E-state index in [2.05, 4.69) is 0 Å². The molecule has 0 aromatic heterocycles. The highest BCUT2D eigenvalue weighted by atomic mass is 16.4. The molecule has 0 aromatic rings. The molecule has 2 unspecified atom stereocenters. The van der Waals surface area contributed by atoms with Gasteiger partial charge in [-0.25, -0.2) is 0 Å². The molecule has 0 spiro atoms. The van der Waals surface area contributed by atoms with Crippen molar-refractivity contribution in [2.24, 2.45) is 0 Å². The van der Waals surface area contributed by atoms with Crippen molar-refractivity contribution >= 4 is 17.9 Å². The highest BCUT2D eigenvalue weighted by molar-refractivity contribution is 5.69. The van der Waals surface area contributed by atoms with E-state index in [-0.39, 0.29) is 26.2 Å². The molecule has 222 valence electrons. The van der Waals surface area contributed by atoms with Crippen molar-refractivity contribution in [3.8, 4) is 0 Å². The van der Waals surface area contributed by atoms with E-state index in [4.69, 9.17) is 5.11 Å². The molecule has 0 amide bonds. The number of carbonyl (C=O) groups is 3. The molecule has 1 heterocycles. The van der Waals surface area contributed by atoms with Gasteiger partial charge in [-0.05, 0) is 32.9 Å². The van der Waals surface area contributed by atoms with Gasteiger partial charge in [-0.3, -0.25) is 34.0 Å². The predicted octanol–water partition coefficient (Wildman–Crippen LogP) is -2.72. The summed E-state index contributed by atoms with van der Waals surface area (Å²) in [7, 11) is 1.90. The maximum absolute atomic E-state index is 11.4. The molecule has 0 radical (unpaired) electrons. The Kier molecular flexibility index (Phi) is 17.2. The number of rotatable bonds is 16. The zero-order valence-corrected chi connectivity index (χ0v) is 22.5. The lowest BCUT2D eigenvalue weighted by atomic mass is 10.1. The minimum atomic E-state index is -1.00. The summed E-state index contributed by atoms with van der Waals surface area (Å²) in [6, 6.07) is 0. The van der Waals surface area contributed by atoms with E-state index in [1.807, 2.05) is 16.8 Å². The molecule has 1 aliphatic rings. The van der Waals surface area contributed by atoms with Gasteiger partial charge in [-0.2, -0.15) is 0 Å². The van der Waals surface area contributed by atoms with Crippen LogP contribution in [0.5, 0.6) is 0 Å². The SMILES string of the molecule is CN(CCCCC(O)CO)CC(O)CN1CCN(CC(=O)O)CCN(CC(=O)O)CCN(CC(=O)O)CC1. The average molecular weight is 550 g/mol. The van der Waals surface area contributed by atoms with Crippen LogP contribution in [-0.2, 0) is 14.4 Å². The Morgan fingerprint density at radius 2 is 1.08 bits per heavy atom. The Hall–Kier alpha value is -1.91. The van der Waals surface area contributed by atoms with Gasteiger partial charge in [0.15, 0.2) is 0 Å². The number of unbranched alkanes of at least 4 members (excludes halogenated alkanes) is 1. The summed E-state index contributed by atoms with van der Waals surface area (Å²) in [5, 5.41) is 57.0. The number of carboxylic acids is 3. The lowest BCUT2D eigenvalue weighted by Crippen LogP contribution is -2.50. The molecule has 14 nitrogen and oxygen atoms in total.